The van der Waals surface area contributed by atoms with Gasteiger partial charge in [-0.05, 0) is 23.9 Å². The van der Waals surface area contributed by atoms with Gasteiger partial charge in [-0.3, -0.25) is 0 Å². The van der Waals surface area contributed by atoms with Gasteiger partial charge >= 0.3 is 0 Å². The third kappa shape index (κ3) is 2.40. The molecule has 0 N–H and O–H groups in total. The molecule has 0 bridgehead atoms. The van der Waals surface area contributed by atoms with E-state index < -0.39 is 0 Å². The SMILES string of the molecule is N#CCCCn1c(-c2cccs2)nc2cc(Cl)cnc21. The normalized spacial score (nSPS) is 10.8. The van der Waals surface area contributed by atoms with Gasteiger partial charge in [-0.1, -0.05) is 17.7 Å². The fraction of sp³-hybridized carbons (Fsp3) is 0.214. The summed E-state index contributed by atoms with van der Waals surface area (Å²) in [5.74, 6) is 0.891. The van der Waals surface area contributed by atoms with E-state index in [4.69, 9.17) is 16.9 Å². The molecule has 0 saturated carbocycles. The van der Waals surface area contributed by atoms with E-state index in [9.17, 15) is 0 Å². The number of rotatable bonds is 4. The fourth-order valence-electron chi connectivity index (χ4n) is 2.11. The van der Waals surface area contributed by atoms with Gasteiger partial charge in [-0.15, -0.1) is 11.3 Å². The smallest absolute Gasteiger partial charge is 0.160 e. The average molecular weight is 303 g/mol. The molecule has 0 spiro atoms. The Kier molecular flexibility index (Phi) is 3.68. The minimum atomic E-state index is 0.525. The maximum atomic E-state index is 8.69. The molecule has 0 atom stereocenters. The fourth-order valence-corrected chi connectivity index (χ4v) is 2.98. The van der Waals surface area contributed by atoms with Crippen molar-refractivity contribution < 1.29 is 0 Å². The Labute approximate surface area is 125 Å². The largest absolute Gasteiger partial charge is 0.308 e. The van der Waals surface area contributed by atoms with Crippen LogP contribution in [0.25, 0.3) is 21.9 Å². The molecule has 0 radical (unpaired) electrons. The molecule has 0 aliphatic carbocycles. The Bertz CT molecular complexity index is 770. The summed E-state index contributed by atoms with van der Waals surface area (Å²) in [5, 5.41) is 11.3. The number of nitrogens with zero attached hydrogens (tertiary/aromatic N) is 4. The monoisotopic (exact) mass is 302 g/mol. The Balaban J connectivity index is 2.12. The lowest BCUT2D eigenvalue weighted by atomic mass is 10.3. The second kappa shape index (κ2) is 5.61. The van der Waals surface area contributed by atoms with Crippen molar-refractivity contribution in [2.75, 3.05) is 0 Å². The van der Waals surface area contributed by atoms with Gasteiger partial charge in [0.15, 0.2) is 11.5 Å². The van der Waals surface area contributed by atoms with Gasteiger partial charge in [0.25, 0.3) is 0 Å². The first-order valence-corrected chi connectivity index (χ1v) is 7.48. The van der Waals surface area contributed by atoms with E-state index in [0.717, 1.165) is 34.8 Å². The van der Waals surface area contributed by atoms with Crippen molar-refractivity contribution in [1.82, 2.24) is 14.5 Å². The summed E-state index contributed by atoms with van der Waals surface area (Å²) in [7, 11) is 0. The molecule has 3 aromatic rings. The molecule has 0 unspecified atom stereocenters. The number of hydrogen-bond donors (Lipinski definition) is 0. The molecule has 0 fully saturated rings. The predicted octanol–water partition coefficient (Wildman–Crippen LogP) is 4.12. The summed E-state index contributed by atoms with van der Waals surface area (Å²) in [6.45, 7) is 0.728. The van der Waals surface area contributed by atoms with Crippen LogP contribution in [0.2, 0.25) is 5.02 Å². The highest BCUT2D eigenvalue weighted by Gasteiger charge is 2.14. The van der Waals surface area contributed by atoms with Crippen molar-refractivity contribution in [2.24, 2.45) is 0 Å². The molecule has 3 aromatic heterocycles. The van der Waals surface area contributed by atoms with Crippen LogP contribution in [0.4, 0.5) is 0 Å². The molecule has 0 aliphatic heterocycles. The maximum absolute atomic E-state index is 8.69. The van der Waals surface area contributed by atoms with E-state index in [0.29, 0.717) is 11.4 Å². The van der Waals surface area contributed by atoms with E-state index in [2.05, 4.69) is 20.6 Å². The quantitative estimate of drug-likeness (QED) is 0.681. The Hall–Kier alpha value is -1.90. The molecule has 3 heterocycles. The van der Waals surface area contributed by atoms with Crippen molar-refractivity contribution in [2.45, 2.75) is 19.4 Å². The topological polar surface area (TPSA) is 54.5 Å². The molecule has 4 nitrogen and oxygen atoms in total. The first-order valence-electron chi connectivity index (χ1n) is 6.22. The number of imidazole rings is 1. The summed E-state index contributed by atoms with van der Waals surface area (Å²) in [5.41, 5.74) is 1.61. The van der Waals surface area contributed by atoms with Gasteiger partial charge < -0.3 is 4.57 Å². The molecule has 20 heavy (non-hydrogen) atoms. The zero-order chi connectivity index (χ0) is 13.9. The van der Waals surface area contributed by atoms with Crippen LogP contribution in [-0.4, -0.2) is 14.5 Å². The predicted molar refractivity (Wildman–Crippen MR) is 80.7 cm³/mol. The number of hydrogen-bond acceptors (Lipinski definition) is 4. The Morgan fingerprint density at radius 3 is 3.10 bits per heavy atom. The minimum absolute atomic E-state index is 0.525. The lowest BCUT2D eigenvalue weighted by Crippen LogP contribution is -2.01. The van der Waals surface area contributed by atoms with Gasteiger partial charge in [-0.25, -0.2) is 9.97 Å². The summed E-state index contributed by atoms with van der Waals surface area (Å²) in [6.07, 6.45) is 2.94. The number of unbranched alkanes of at least 4 members (excludes halogenated alkanes) is 1. The van der Waals surface area contributed by atoms with Crippen molar-refractivity contribution in [3.8, 4) is 16.8 Å². The lowest BCUT2D eigenvalue weighted by Gasteiger charge is -2.05. The zero-order valence-electron chi connectivity index (χ0n) is 10.6. The Morgan fingerprint density at radius 1 is 1.45 bits per heavy atom. The summed E-state index contributed by atoms with van der Waals surface area (Å²) < 4.78 is 2.06. The zero-order valence-corrected chi connectivity index (χ0v) is 12.2. The van der Waals surface area contributed by atoms with Crippen LogP contribution in [0.1, 0.15) is 12.8 Å². The lowest BCUT2D eigenvalue weighted by molar-refractivity contribution is 0.671. The van der Waals surface area contributed by atoms with Gasteiger partial charge in [0, 0.05) is 19.2 Å². The first-order chi connectivity index (χ1) is 9.79. The van der Waals surface area contributed by atoms with Crippen LogP contribution in [0, 0.1) is 11.3 Å². The summed E-state index contributed by atoms with van der Waals surface area (Å²) in [4.78, 5) is 10.1. The van der Waals surface area contributed by atoms with Gasteiger partial charge in [-0.2, -0.15) is 5.26 Å². The molecule has 3 rings (SSSR count). The molecule has 0 amide bonds. The van der Waals surface area contributed by atoms with Gasteiger partial charge in [0.2, 0.25) is 0 Å². The van der Waals surface area contributed by atoms with Crippen LogP contribution in [0.5, 0.6) is 0 Å². The number of fused-ring (bicyclic) bond motifs is 1. The number of thiophene rings is 1. The second-order valence-electron chi connectivity index (χ2n) is 4.32. The van der Waals surface area contributed by atoms with E-state index in [-0.39, 0.29) is 0 Å². The van der Waals surface area contributed by atoms with Crippen molar-refractivity contribution in [1.29, 1.82) is 5.26 Å². The van der Waals surface area contributed by atoms with E-state index >= 15 is 0 Å². The first kappa shape index (κ1) is 13.1. The van der Waals surface area contributed by atoms with Gasteiger partial charge in [0.05, 0.1) is 16.0 Å². The molecule has 0 saturated heterocycles. The second-order valence-corrected chi connectivity index (χ2v) is 5.71. The average Bonchev–Trinajstić information content (AvgIpc) is 3.06. The molecular weight excluding hydrogens is 292 g/mol. The van der Waals surface area contributed by atoms with E-state index in [1.165, 1.54) is 0 Å². The van der Waals surface area contributed by atoms with Gasteiger partial charge in [0.1, 0.15) is 5.52 Å². The van der Waals surface area contributed by atoms with Crippen LogP contribution in [0.3, 0.4) is 0 Å². The third-order valence-electron chi connectivity index (χ3n) is 2.96. The number of pyridine rings is 1. The number of aryl methyl sites for hydroxylation is 1. The Morgan fingerprint density at radius 2 is 2.35 bits per heavy atom. The van der Waals surface area contributed by atoms with Crippen LogP contribution >= 0.6 is 22.9 Å². The highest BCUT2D eigenvalue weighted by atomic mass is 35.5. The maximum Gasteiger partial charge on any atom is 0.160 e. The highest BCUT2D eigenvalue weighted by molar-refractivity contribution is 7.13. The molecule has 0 aromatic carbocycles. The van der Waals surface area contributed by atoms with Crippen LogP contribution < -0.4 is 0 Å². The van der Waals surface area contributed by atoms with Crippen LogP contribution in [0.15, 0.2) is 29.8 Å². The minimum Gasteiger partial charge on any atom is -0.308 e. The molecular formula is C14H11ClN4S. The number of aromatic nitrogens is 3. The number of nitriles is 1. The summed E-state index contributed by atoms with van der Waals surface area (Å²) >= 11 is 7.62. The molecule has 0 aliphatic rings. The standard InChI is InChI=1S/C14H11ClN4S/c15-10-8-11-13(17-9-10)19(6-2-1-5-16)14(18-11)12-4-3-7-20-12/h3-4,7-9H,1-2,6H2. The van der Waals surface area contributed by atoms with E-state index in [1.54, 1.807) is 17.5 Å². The van der Waals surface area contributed by atoms with Crippen molar-refractivity contribution >= 4 is 34.1 Å². The van der Waals surface area contributed by atoms with E-state index in [1.807, 2.05) is 23.6 Å². The van der Waals surface area contributed by atoms with Crippen LogP contribution in [-0.2, 0) is 6.54 Å². The molecule has 6 heteroatoms. The summed E-state index contributed by atoms with van der Waals surface area (Å²) in [6, 6.07) is 8.03. The highest BCUT2D eigenvalue weighted by Crippen LogP contribution is 2.28. The van der Waals surface area contributed by atoms with Crippen molar-refractivity contribution in [3.63, 3.8) is 0 Å². The van der Waals surface area contributed by atoms with Crippen molar-refractivity contribution in [3.05, 3.63) is 34.8 Å². The molecule has 100 valence electrons. The third-order valence-corrected chi connectivity index (χ3v) is 4.04. The number of halogens is 1.